The number of anilines is 2. The summed E-state index contributed by atoms with van der Waals surface area (Å²) in [5.41, 5.74) is 3.14. The van der Waals surface area contributed by atoms with E-state index in [0.29, 0.717) is 29.5 Å². The molecule has 1 fully saturated rings. The van der Waals surface area contributed by atoms with Crippen molar-refractivity contribution >= 4 is 23.2 Å². The Balaban J connectivity index is 1.28. The molecule has 1 aliphatic heterocycles. The normalized spacial score (nSPS) is 13.9. The first kappa shape index (κ1) is 23.4. The molecule has 1 saturated heterocycles. The highest BCUT2D eigenvalue weighted by Gasteiger charge is 2.21. The zero-order valence-electron chi connectivity index (χ0n) is 19.5. The van der Waals surface area contributed by atoms with Crippen LogP contribution in [0, 0.1) is 5.92 Å². The van der Waals surface area contributed by atoms with Crippen molar-refractivity contribution in [3.05, 3.63) is 90.0 Å². The first-order valence-corrected chi connectivity index (χ1v) is 11.8. The predicted octanol–water partition coefficient (Wildman–Crippen LogP) is 5.19. The summed E-state index contributed by atoms with van der Waals surface area (Å²) >= 11 is 0. The van der Waals surface area contributed by atoms with Crippen molar-refractivity contribution in [2.24, 2.45) is 5.92 Å². The molecule has 3 aromatic carbocycles. The van der Waals surface area contributed by atoms with Crippen LogP contribution in [0.4, 0.5) is 11.4 Å². The average molecular weight is 458 g/mol. The second-order valence-electron chi connectivity index (χ2n) is 8.72. The van der Waals surface area contributed by atoms with Gasteiger partial charge in [0.15, 0.2) is 0 Å². The van der Waals surface area contributed by atoms with Crippen LogP contribution in [-0.2, 0) is 11.4 Å². The van der Waals surface area contributed by atoms with Crippen LogP contribution in [0.2, 0.25) is 0 Å². The maximum absolute atomic E-state index is 12.7. The highest BCUT2D eigenvalue weighted by molar-refractivity contribution is 5.96. The molecule has 0 bridgehead atoms. The van der Waals surface area contributed by atoms with Gasteiger partial charge in [0.05, 0.1) is 12.2 Å². The quantitative estimate of drug-likeness (QED) is 0.488. The van der Waals surface area contributed by atoms with Crippen molar-refractivity contribution in [3.8, 4) is 5.75 Å². The van der Waals surface area contributed by atoms with Crippen molar-refractivity contribution in [1.82, 2.24) is 4.90 Å². The number of ether oxygens (including phenoxy) is 1. The molecule has 0 radical (unpaired) electrons. The highest BCUT2D eigenvalue weighted by atomic mass is 16.5. The topological polar surface area (TPSA) is 70.7 Å². The molecule has 0 saturated carbocycles. The summed E-state index contributed by atoms with van der Waals surface area (Å²) in [6.07, 6.45) is 2.10. The number of carbonyl (C=O) groups is 2. The third-order valence-corrected chi connectivity index (χ3v) is 6.05. The van der Waals surface area contributed by atoms with Crippen molar-refractivity contribution in [1.29, 1.82) is 0 Å². The Kier molecular flexibility index (Phi) is 7.81. The summed E-state index contributed by atoms with van der Waals surface area (Å²) in [5, 5.41) is 6.02. The first-order valence-electron chi connectivity index (χ1n) is 11.8. The third-order valence-electron chi connectivity index (χ3n) is 6.05. The SMILES string of the molecule is CC1CCN(C(=O)c2ccc(NC(=O)CNc3ccccc3OCc3ccccc3)cc2)CC1. The van der Waals surface area contributed by atoms with Gasteiger partial charge in [0.2, 0.25) is 5.91 Å². The van der Waals surface area contributed by atoms with E-state index in [1.807, 2.05) is 59.5 Å². The van der Waals surface area contributed by atoms with E-state index < -0.39 is 0 Å². The van der Waals surface area contributed by atoms with E-state index in [4.69, 9.17) is 4.74 Å². The number of carbonyl (C=O) groups excluding carboxylic acids is 2. The van der Waals surface area contributed by atoms with Gasteiger partial charge >= 0.3 is 0 Å². The molecule has 4 rings (SSSR count). The summed E-state index contributed by atoms with van der Waals surface area (Å²) in [6.45, 7) is 4.39. The van der Waals surface area contributed by atoms with Crippen molar-refractivity contribution in [2.45, 2.75) is 26.4 Å². The molecule has 0 aromatic heterocycles. The maximum atomic E-state index is 12.7. The fourth-order valence-electron chi connectivity index (χ4n) is 3.94. The van der Waals surface area contributed by atoms with Gasteiger partial charge < -0.3 is 20.3 Å². The second kappa shape index (κ2) is 11.4. The maximum Gasteiger partial charge on any atom is 0.253 e. The van der Waals surface area contributed by atoms with Crippen molar-refractivity contribution in [3.63, 3.8) is 0 Å². The lowest BCUT2D eigenvalue weighted by Gasteiger charge is -2.30. The van der Waals surface area contributed by atoms with Crippen LogP contribution in [0.3, 0.4) is 0 Å². The van der Waals surface area contributed by atoms with Crippen LogP contribution in [0.1, 0.15) is 35.7 Å². The van der Waals surface area contributed by atoms with E-state index in [1.165, 1.54) is 0 Å². The Morgan fingerprint density at radius 3 is 2.32 bits per heavy atom. The fourth-order valence-corrected chi connectivity index (χ4v) is 3.94. The lowest BCUT2D eigenvalue weighted by Crippen LogP contribution is -2.37. The van der Waals surface area contributed by atoms with Crippen molar-refractivity contribution in [2.75, 3.05) is 30.3 Å². The molecule has 2 amide bonds. The number of benzene rings is 3. The predicted molar refractivity (Wildman–Crippen MR) is 135 cm³/mol. The van der Waals surface area contributed by atoms with Gasteiger partial charge in [-0.1, -0.05) is 49.4 Å². The number of hydrogen-bond acceptors (Lipinski definition) is 4. The molecule has 3 aromatic rings. The summed E-state index contributed by atoms with van der Waals surface area (Å²) in [5.74, 6) is 1.24. The van der Waals surface area contributed by atoms with Gasteiger partial charge in [-0.2, -0.15) is 0 Å². The van der Waals surface area contributed by atoms with Crippen LogP contribution < -0.4 is 15.4 Å². The molecule has 0 unspecified atom stereocenters. The molecule has 34 heavy (non-hydrogen) atoms. The molecular formula is C28H31N3O3. The van der Waals surface area contributed by atoms with E-state index >= 15 is 0 Å². The van der Waals surface area contributed by atoms with Gasteiger partial charge in [-0.15, -0.1) is 0 Å². The lowest BCUT2D eigenvalue weighted by atomic mass is 9.98. The number of amides is 2. The highest BCUT2D eigenvalue weighted by Crippen LogP contribution is 2.25. The van der Waals surface area contributed by atoms with E-state index in [0.717, 1.165) is 37.2 Å². The minimum absolute atomic E-state index is 0.0542. The van der Waals surface area contributed by atoms with Gasteiger partial charge in [-0.05, 0) is 60.7 Å². The molecule has 0 atom stereocenters. The summed E-state index contributed by atoms with van der Waals surface area (Å²) in [6, 6.07) is 24.6. The lowest BCUT2D eigenvalue weighted by molar-refractivity contribution is -0.114. The molecule has 6 heteroatoms. The van der Waals surface area contributed by atoms with Crippen LogP contribution in [0.5, 0.6) is 5.75 Å². The molecule has 2 N–H and O–H groups in total. The Morgan fingerprint density at radius 1 is 0.912 bits per heavy atom. The largest absolute Gasteiger partial charge is 0.487 e. The van der Waals surface area contributed by atoms with Crippen LogP contribution in [0.15, 0.2) is 78.9 Å². The number of piperidine rings is 1. The molecule has 0 aliphatic carbocycles. The van der Waals surface area contributed by atoms with E-state index in [9.17, 15) is 9.59 Å². The smallest absolute Gasteiger partial charge is 0.253 e. The third kappa shape index (κ3) is 6.38. The van der Waals surface area contributed by atoms with E-state index in [1.54, 1.807) is 24.3 Å². The number of likely N-dealkylation sites (tertiary alicyclic amines) is 1. The van der Waals surface area contributed by atoms with Crippen LogP contribution in [-0.4, -0.2) is 36.3 Å². The minimum atomic E-state index is -0.179. The summed E-state index contributed by atoms with van der Waals surface area (Å²) < 4.78 is 5.94. The van der Waals surface area contributed by atoms with Crippen LogP contribution in [0.25, 0.3) is 0 Å². The zero-order valence-corrected chi connectivity index (χ0v) is 19.5. The van der Waals surface area contributed by atoms with Crippen LogP contribution >= 0.6 is 0 Å². The zero-order chi connectivity index (χ0) is 23.8. The minimum Gasteiger partial charge on any atom is -0.487 e. The Morgan fingerprint density at radius 2 is 1.59 bits per heavy atom. The monoisotopic (exact) mass is 457 g/mol. The van der Waals surface area contributed by atoms with E-state index in [2.05, 4.69) is 17.6 Å². The molecular weight excluding hydrogens is 426 g/mol. The summed E-state index contributed by atoms with van der Waals surface area (Å²) in [4.78, 5) is 27.1. The number of para-hydroxylation sites is 2. The van der Waals surface area contributed by atoms with Gasteiger partial charge in [-0.25, -0.2) is 0 Å². The molecule has 1 aliphatic rings. The molecule has 176 valence electrons. The Labute approximate surface area is 200 Å². The second-order valence-corrected chi connectivity index (χ2v) is 8.72. The van der Waals surface area contributed by atoms with E-state index in [-0.39, 0.29) is 18.4 Å². The number of nitrogens with one attached hydrogen (secondary N) is 2. The van der Waals surface area contributed by atoms with Gasteiger partial charge in [0.25, 0.3) is 5.91 Å². The first-order chi connectivity index (χ1) is 16.6. The average Bonchev–Trinajstić information content (AvgIpc) is 2.88. The standard InChI is InChI=1S/C28H31N3O3/c1-21-15-17-31(18-16-21)28(33)23-11-13-24(14-12-23)30-27(32)19-29-25-9-5-6-10-26(25)34-20-22-7-3-2-4-8-22/h2-14,21,29H,15-20H2,1H3,(H,30,32). The number of hydrogen-bond donors (Lipinski definition) is 2. The van der Waals surface area contributed by atoms with Gasteiger partial charge in [0.1, 0.15) is 12.4 Å². The van der Waals surface area contributed by atoms with Gasteiger partial charge in [-0.3, -0.25) is 9.59 Å². The van der Waals surface area contributed by atoms with Crippen molar-refractivity contribution < 1.29 is 14.3 Å². The molecule has 0 spiro atoms. The number of nitrogens with zero attached hydrogens (tertiary/aromatic N) is 1. The fraction of sp³-hybridized carbons (Fsp3) is 0.286. The summed E-state index contributed by atoms with van der Waals surface area (Å²) in [7, 11) is 0. The molecule has 1 heterocycles. The number of rotatable bonds is 8. The Bertz CT molecular complexity index is 1090. The van der Waals surface area contributed by atoms with Gasteiger partial charge in [0, 0.05) is 24.3 Å². The molecule has 6 nitrogen and oxygen atoms in total. The Hall–Kier alpha value is -3.80.